The number of methoxy groups -OCH3 is 1. The number of likely N-dealkylation sites (N-methyl/N-ethyl adjacent to an activating group) is 1. The molecule has 0 radical (unpaired) electrons. The Hall–Kier alpha value is -4.55. The molecule has 4 heterocycles. The highest BCUT2D eigenvalue weighted by molar-refractivity contribution is 5.84. The van der Waals surface area contributed by atoms with Crippen LogP contribution in [0.1, 0.15) is 16.7 Å². The van der Waals surface area contributed by atoms with E-state index in [1.165, 1.54) is 17.3 Å². The van der Waals surface area contributed by atoms with Gasteiger partial charge >= 0.3 is 0 Å². The van der Waals surface area contributed by atoms with Crippen molar-refractivity contribution >= 4 is 28.2 Å². The highest BCUT2D eigenvalue weighted by atomic mass is 16.5. The van der Waals surface area contributed by atoms with Gasteiger partial charge in [-0.3, -0.25) is 0 Å². The molecular weight excluding hydrogens is 440 g/mol. The predicted molar refractivity (Wildman–Crippen MR) is 133 cm³/mol. The maximum atomic E-state index is 9.19. The van der Waals surface area contributed by atoms with E-state index in [1.807, 2.05) is 24.4 Å². The third-order valence-electron chi connectivity index (χ3n) is 6.36. The fourth-order valence-electron chi connectivity index (χ4n) is 4.48. The molecule has 5 aromatic rings. The lowest BCUT2D eigenvalue weighted by atomic mass is 9.99. The third kappa shape index (κ3) is 3.80. The summed E-state index contributed by atoms with van der Waals surface area (Å²) < 4.78 is 7.27. The van der Waals surface area contributed by atoms with Crippen molar-refractivity contribution in [2.24, 2.45) is 0 Å². The molecule has 0 unspecified atom stereocenters. The summed E-state index contributed by atoms with van der Waals surface area (Å²) in [5.41, 5.74) is 7.05. The van der Waals surface area contributed by atoms with Crippen LogP contribution in [0.25, 0.3) is 27.7 Å². The zero-order valence-corrected chi connectivity index (χ0v) is 19.4. The zero-order valence-electron chi connectivity index (χ0n) is 19.4. The molecule has 0 aliphatic carbocycles. The molecule has 2 aromatic carbocycles. The SMILES string of the molecule is COc1cc2c(cc1Nc1ncc3ccc(-c4cnc5c(C#N)cnn5c4)cc3n1)CN(C)CC2. The molecule has 172 valence electrons. The minimum Gasteiger partial charge on any atom is -0.495 e. The van der Waals surface area contributed by atoms with Crippen LogP contribution >= 0.6 is 0 Å². The first-order valence-electron chi connectivity index (χ1n) is 11.3. The number of nitriles is 1. The second-order valence-corrected chi connectivity index (χ2v) is 8.68. The Kier molecular flexibility index (Phi) is 5.01. The number of benzene rings is 2. The van der Waals surface area contributed by atoms with Crippen molar-refractivity contribution in [3.05, 3.63) is 71.8 Å². The van der Waals surface area contributed by atoms with Crippen LogP contribution in [0.15, 0.2) is 55.1 Å². The molecule has 0 fully saturated rings. The van der Waals surface area contributed by atoms with Crippen molar-refractivity contribution in [1.29, 1.82) is 5.26 Å². The van der Waals surface area contributed by atoms with Gasteiger partial charge in [0, 0.05) is 42.6 Å². The molecule has 35 heavy (non-hydrogen) atoms. The minimum atomic E-state index is 0.447. The van der Waals surface area contributed by atoms with Crippen molar-refractivity contribution < 1.29 is 4.74 Å². The Morgan fingerprint density at radius 3 is 2.83 bits per heavy atom. The second kappa shape index (κ2) is 8.34. The van der Waals surface area contributed by atoms with Crippen molar-refractivity contribution in [1.82, 2.24) is 29.5 Å². The number of nitrogens with one attached hydrogen (secondary N) is 1. The Morgan fingerprint density at radius 1 is 1.06 bits per heavy atom. The average molecular weight is 463 g/mol. The van der Waals surface area contributed by atoms with Crippen LogP contribution in [-0.4, -0.2) is 50.2 Å². The molecule has 6 rings (SSSR count). The highest BCUT2D eigenvalue weighted by Gasteiger charge is 2.17. The summed E-state index contributed by atoms with van der Waals surface area (Å²) in [6, 6.07) is 12.3. The maximum Gasteiger partial charge on any atom is 0.227 e. The van der Waals surface area contributed by atoms with Gasteiger partial charge in [-0.05, 0) is 48.4 Å². The lowest BCUT2D eigenvalue weighted by molar-refractivity contribution is 0.312. The highest BCUT2D eigenvalue weighted by Crippen LogP contribution is 2.33. The summed E-state index contributed by atoms with van der Waals surface area (Å²) in [5.74, 6) is 1.28. The van der Waals surface area contributed by atoms with E-state index in [0.29, 0.717) is 17.2 Å². The quantitative estimate of drug-likeness (QED) is 0.428. The van der Waals surface area contributed by atoms with Gasteiger partial charge in [0.15, 0.2) is 5.65 Å². The number of hydrogen-bond donors (Lipinski definition) is 1. The number of hydrogen-bond acceptors (Lipinski definition) is 8. The van der Waals surface area contributed by atoms with Crippen LogP contribution in [0.5, 0.6) is 5.75 Å². The monoisotopic (exact) mass is 462 g/mol. The molecule has 1 aliphatic rings. The van der Waals surface area contributed by atoms with Gasteiger partial charge in [0.2, 0.25) is 5.95 Å². The molecule has 0 bridgehead atoms. The molecule has 0 saturated carbocycles. The molecule has 0 saturated heterocycles. The van der Waals surface area contributed by atoms with Crippen molar-refractivity contribution in [3.8, 4) is 22.9 Å². The van der Waals surface area contributed by atoms with Gasteiger partial charge in [-0.25, -0.2) is 19.5 Å². The number of aromatic nitrogens is 5. The van der Waals surface area contributed by atoms with E-state index in [1.54, 1.807) is 24.0 Å². The number of anilines is 2. The van der Waals surface area contributed by atoms with Crippen LogP contribution in [0.4, 0.5) is 11.6 Å². The van der Waals surface area contributed by atoms with E-state index < -0.39 is 0 Å². The van der Waals surface area contributed by atoms with Crippen molar-refractivity contribution in [2.75, 3.05) is 26.0 Å². The first kappa shape index (κ1) is 21.0. The normalized spacial score (nSPS) is 13.5. The van der Waals surface area contributed by atoms with Gasteiger partial charge in [-0.1, -0.05) is 12.1 Å². The fourth-order valence-corrected chi connectivity index (χ4v) is 4.48. The number of nitrogens with zero attached hydrogens (tertiary/aromatic N) is 7. The summed E-state index contributed by atoms with van der Waals surface area (Å²) in [6.07, 6.45) is 7.94. The summed E-state index contributed by atoms with van der Waals surface area (Å²) >= 11 is 0. The third-order valence-corrected chi connectivity index (χ3v) is 6.36. The Labute approximate surface area is 201 Å². The Balaban J connectivity index is 1.35. The molecule has 3 aromatic heterocycles. The van der Waals surface area contributed by atoms with E-state index in [4.69, 9.17) is 9.72 Å². The molecule has 9 heteroatoms. The van der Waals surface area contributed by atoms with Crippen LogP contribution in [0.2, 0.25) is 0 Å². The lowest BCUT2D eigenvalue weighted by Crippen LogP contribution is -2.26. The largest absolute Gasteiger partial charge is 0.495 e. The van der Waals surface area contributed by atoms with Crippen LogP contribution in [0.3, 0.4) is 0 Å². The van der Waals surface area contributed by atoms with E-state index in [0.717, 1.165) is 53.0 Å². The van der Waals surface area contributed by atoms with Gasteiger partial charge in [-0.15, -0.1) is 0 Å². The summed E-state index contributed by atoms with van der Waals surface area (Å²) in [5, 5.41) is 17.7. The summed E-state index contributed by atoms with van der Waals surface area (Å²) in [6.45, 7) is 1.95. The van der Waals surface area contributed by atoms with E-state index in [-0.39, 0.29) is 0 Å². The van der Waals surface area contributed by atoms with Gasteiger partial charge < -0.3 is 15.0 Å². The van der Waals surface area contributed by atoms with Crippen LogP contribution in [-0.2, 0) is 13.0 Å². The van der Waals surface area contributed by atoms with Crippen molar-refractivity contribution in [2.45, 2.75) is 13.0 Å². The Bertz CT molecular complexity index is 1630. The molecule has 0 atom stereocenters. The molecule has 1 aliphatic heterocycles. The number of ether oxygens (including phenoxy) is 1. The molecule has 0 amide bonds. The van der Waals surface area contributed by atoms with E-state index in [9.17, 15) is 5.26 Å². The average Bonchev–Trinajstić information content (AvgIpc) is 3.30. The lowest BCUT2D eigenvalue weighted by Gasteiger charge is -2.26. The minimum absolute atomic E-state index is 0.447. The summed E-state index contributed by atoms with van der Waals surface area (Å²) in [4.78, 5) is 16.0. The van der Waals surface area contributed by atoms with Crippen LogP contribution in [0, 0.1) is 11.3 Å². The first-order chi connectivity index (χ1) is 17.1. The molecule has 1 N–H and O–H groups in total. The standard InChI is InChI=1S/C26H22N8O/c1-33-6-5-17-9-24(35-2)23(8-19(17)14-33)32-26-29-11-18-4-3-16(7-22(18)31-26)21-12-28-25-20(10-27)13-30-34(25)15-21/h3-4,7-9,11-13,15H,5-6,14H2,1-2H3,(H,29,31,32). The summed E-state index contributed by atoms with van der Waals surface area (Å²) in [7, 11) is 3.81. The smallest absolute Gasteiger partial charge is 0.227 e. The first-order valence-corrected chi connectivity index (χ1v) is 11.3. The number of fused-ring (bicyclic) bond motifs is 3. The molecule has 0 spiro atoms. The number of rotatable bonds is 4. The predicted octanol–water partition coefficient (Wildman–Crippen LogP) is 3.95. The van der Waals surface area contributed by atoms with Crippen molar-refractivity contribution in [3.63, 3.8) is 0 Å². The Morgan fingerprint density at radius 2 is 1.97 bits per heavy atom. The molecular formula is C26H22N8O. The zero-order chi connectivity index (χ0) is 23.9. The maximum absolute atomic E-state index is 9.19. The van der Waals surface area contributed by atoms with Gasteiger partial charge in [-0.2, -0.15) is 10.4 Å². The second-order valence-electron chi connectivity index (χ2n) is 8.68. The molecule has 9 nitrogen and oxygen atoms in total. The topological polar surface area (TPSA) is 104 Å². The van der Waals surface area contributed by atoms with E-state index >= 15 is 0 Å². The van der Waals surface area contributed by atoms with E-state index in [2.05, 4.69) is 50.5 Å². The van der Waals surface area contributed by atoms with Gasteiger partial charge in [0.1, 0.15) is 17.4 Å². The fraction of sp³-hybridized carbons (Fsp3) is 0.192. The van der Waals surface area contributed by atoms with Gasteiger partial charge in [0.05, 0.1) is 24.5 Å². The van der Waals surface area contributed by atoms with Crippen LogP contribution < -0.4 is 10.1 Å². The van der Waals surface area contributed by atoms with Gasteiger partial charge in [0.25, 0.3) is 0 Å².